The van der Waals surface area contributed by atoms with Crippen LogP contribution in [0.25, 0.3) is 0 Å². The van der Waals surface area contributed by atoms with Crippen molar-refractivity contribution in [2.75, 3.05) is 44.2 Å². The van der Waals surface area contributed by atoms with E-state index >= 15 is 0 Å². The number of guanidine groups is 1. The van der Waals surface area contributed by atoms with Gasteiger partial charge in [-0.1, -0.05) is 30.7 Å². The maximum Gasteiger partial charge on any atom is 0.225 e. The highest BCUT2D eigenvalue weighted by Gasteiger charge is 2.22. The van der Waals surface area contributed by atoms with Crippen molar-refractivity contribution in [1.29, 1.82) is 0 Å². The largest absolute Gasteiger partial charge is 0.357 e. The van der Waals surface area contributed by atoms with Gasteiger partial charge in [-0.25, -0.2) is 15.0 Å². The highest BCUT2D eigenvalue weighted by Crippen LogP contribution is 2.21. The summed E-state index contributed by atoms with van der Waals surface area (Å²) < 4.78 is 0. The second-order valence-corrected chi connectivity index (χ2v) is 8.78. The van der Waals surface area contributed by atoms with E-state index in [2.05, 4.69) is 68.1 Å². The first-order chi connectivity index (χ1) is 15.7. The van der Waals surface area contributed by atoms with Gasteiger partial charge in [0.25, 0.3) is 0 Å². The fourth-order valence-electron chi connectivity index (χ4n) is 4.64. The summed E-state index contributed by atoms with van der Waals surface area (Å²) in [5, 5.41) is 3.50. The van der Waals surface area contributed by atoms with E-state index in [9.17, 15) is 0 Å². The number of benzene rings is 1. The van der Waals surface area contributed by atoms with Crippen LogP contribution in [0.2, 0.25) is 0 Å². The van der Waals surface area contributed by atoms with E-state index in [-0.39, 0.29) is 24.0 Å². The Balaban J connectivity index is 0.00000306. The maximum atomic E-state index is 5.04. The van der Waals surface area contributed by atoms with Gasteiger partial charge in [-0.2, -0.15) is 0 Å². The van der Waals surface area contributed by atoms with Crippen LogP contribution >= 0.6 is 24.0 Å². The van der Waals surface area contributed by atoms with Gasteiger partial charge in [0.15, 0.2) is 5.96 Å². The molecule has 0 saturated carbocycles. The number of aliphatic imine (C=N–C) groups is 1. The SMILES string of the molecule is CCNC(=NCc1ccccc1CN1CCCCC1C)N1CCN(c2ncccn2)CC1.I. The van der Waals surface area contributed by atoms with Crippen molar-refractivity contribution in [1.82, 2.24) is 25.1 Å². The Morgan fingerprint density at radius 3 is 2.42 bits per heavy atom. The second-order valence-electron chi connectivity index (χ2n) is 8.78. The van der Waals surface area contributed by atoms with Crippen molar-refractivity contribution in [3.63, 3.8) is 0 Å². The minimum atomic E-state index is 0. The molecule has 1 atom stereocenters. The highest BCUT2D eigenvalue weighted by molar-refractivity contribution is 14.0. The van der Waals surface area contributed by atoms with E-state index in [1.165, 1.54) is 36.9 Å². The average molecular weight is 564 g/mol. The molecule has 1 N–H and O–H groups in total. The van der Waals surface area contributed by atoms with Gasteiger partial charge in [0.2, 0.25) is 5.95 Å². The number of anilines is 1. The van der Waals surface area contributed by atoms with Crippen LogP contribution in [0.4, 0.5) is 5.95 Å². The van der Waals surface area contributed by atoms with Crippen LogP contribution in [0.1, 0.15) is 44.2 Å². The van der Waals surface area contributed by atoms with Crippen molar-refractivity contribution in [3.8, 4) is 0 Å². The van der Waals surface area contributed by atoms with Crippen molar-refractivity contribution < 1.29 is 0 Å². The zero-order chi connectivity index (χ0) is 22.2. The Morgan fingerprint density at radius 2 is 1.73 bits per heavy atom. The number of piperazine rings is 1. The lowest BCUT2D eigenvalue weighted by Gasteiger charge is -2.36. The lowest BCUT2D eigenvalue weighted by atomic mass is 10.0. The molecule has 0 amide bonds. The van der Waals surface area contributed by atoms with Crippen LogP contribution in [0.3, 0.4) is 0 Å². The lowest BCUT2D eigenvalue weighted by Crippen LogP contribution is -2.53. The van der Waals surface area contributed by atoms with E-state index in [1.807, 2.05) is 18.5 Å². The minimum absolute atomic E-state index is 0. The van der Waals surface area contributed by atoms with Crippen molar-refractivity contribution >= 4 is 35.9 Å². The topological polar surface area (TPSA) is 59.9 Å². The first-order valence-corrected chi connectivity index (χ1v) is 12.1. The first kappa shape index (κ1) is 25.7. The number of rotatable bonds is 6. The van der Waals surface area contributed by atoms with Gasteiger partial charge in [-0.15, -0.1) is 24.0 Å². The summed E-state index contributed by atoms with van der Waals surface area (Å²) in [6, 6.07) is 11.3. The van der Waals surface area contributed by atoms with E-state index in [0.717, 1.165) is 51.2 Å². The van der Waals surface area contributed by atoms with E-state index in [4.69, 9.17) is 4.99 Å². The summed E-state index contributed by atoms with van der Waals surface area (Å²) in [6.45, 7) is 11.9. The van der Waals surface area contributed by atoms with E-state index in [0.29, 0.717) is 12.6 Å². The Kier molecular flexibility index (Phi) is 10.2. The lowest BCUT2D eigenvalue weighted by molar-refractivity contribution is 0.152. The minimum Gasteiger partial charge on any atom is -0.357 e. The van der Waals surface area contributed by atoms with Gasteiger partial charge in [0.05, 0.1) is 6.54 Å². The fraction of sp³-hybridized carbons (Fsp3) is 0.560. The molecule has 2 aliphatic heterocycles. The number of aromatic nitrogens is 2. The Morgan fingerprint density at radius 1 is 1.00 bits per heavy atom. The molecule has 7 nitrogen and oxygen atoms in total. The van der Waals surface area contributed by atoms with Crippen LogP contribution in [-0.2, 0) is 13.1 Å². The molecule has 0 bridgehead atoms. The third-order valence-electron chi connectivity index (χ3n) is 6.58. The molecule has 1 aromatic carbocycles. The smallest absolute Gasteiger partial charge is 0.225 e. The molecule has 2 aromatic rings. The van der Waals surface area contributed by atoms with E-state index in [1.54, 1.807) is 0 Å². The van der Waals surface area contributed by atoms with Crippen LogP contribution < -0.4 is 10.2 Å². The molecule has 8 heteroatoms. The number of halogens is 1. The van der Waals surface area contributed by atoms with Gasteiger partial charge < -0.3 is 15.1 Å². The predicted molar refractivity (Wildman–Crippen MR) is 146 cm³/mol. The molecule has 2 fully saturated rings. The molecular weight excluding hydrogens is 525 g/mol. The number of nitrogens with one attached hydrogen (secondary N) is 1. The molecule has 180 valence electrons. The summed E-state index contributed by atoms with van der Waals surface area (Å²) in [5.41, 5.74) is 2.74. The molecule has 3 heterocycles. The normalized spacial score (nSPS) is 19.8. The number of likely N-dealkylation sites (tertiary alicyclic amines) is 1. The summed E-state index contributed by atoms with van der Waals surface area (Å²) in [4.78, 5) is 21.1. The third kappa shape index (κ3) is 7.02. The summed E-state index contributed by atoms with van der Waals surface area (Å²) in [5.74, 6) is 1.82. The molecule has 2 saturated heterocycles. The summed E-state index contributed by atoms with van der Waals surface area (Å²) >= 11 is 0. The quantitative estimate of drug-likeness (QED) is 0.328. The Labute approximate surface area is 215 Å². The summed E-state index contributed by atoms with van der Waals surface area (Å²) in [6.07, 6.45) is 7.60. The third-order valence-corrected chi connectivity index (χ3v) is 6.58. The number of piperidine rings is 1. The van der Waals surface area contributed by atoms with Crippen LogP contribution in [0.5, 0.6) is 0 Å². The monoisotopic (exact) mass is 563 g/mol. The standard InChI is InChI=1S/C25H37N7.HI/c1-3-26-24(30-15-17-31(18-16-30)25-27-12-8-13-28-25)29-19-22-10-4-5-11-23(22)20-32-14-7-6-9-21(32)2;/h4-5,8,10-13,21H,3,6-7,9,14-20H2,1-2H3,(H,26,29);1H. The Hall–Kier alpha value is -1.94. The number of nitrogens with zero attached hydrogens (tertiary/aromatic N) is 6. The molecule has 1 aromatic heterocycles. The van der Waals surface area contributed by atoms with Crippen LogP contribution in [0, 0.1) is 0 Å². The van der Waals surface area contributed by atoms with Crippen molar-refractivity contribution in [2.24, 2.45) is 4.99 Å². The van der Waals surface area contributed by atoms with Gasteiger partial charge in [0, 0.05) is 57.7 Å². The number of hydrogen-bond donors (Lipinski definition) is 1. The number of hydrogen-bond acceptors (Lipinski definition) is 5. The molecule has 0 aliphatic carbocycles. The molecule has 2 aliphatic rings. The molecule has 1 unspecified atom stereocenters. The predicted octanol–water partition coefficient (Wildman–Crippen LogP) is 3.76. The zero-order valence-electron chi connectivity index (χ0n) is 20.0. The molecular formula is C25H38IN7. The van der Waals surface area contributed by atoms with Gasteiger partial charge in [-0.3, -0.25) is 4.90 Å². The molecule has 4 rings (SSSR count). The van der Waals surface area contributed by atoms with E-state index < -0.39 is 0 Å². The van der Waals surface area contributed by atoms with Crippen LogP contribution in [0.15, 0.2) is 47.7 Å². The highest BCUT2D eigenvalue weighted by atomic mass is 127. The summed E-state index contributed by atoms with van der Waals surface area (Å²) in [7, 11) is 0. The first-order valence-electron chi connectivity index (χ1n) is 12.1. The Bertz CT molecular complexity index is 868. The van der Waals surface area contributed by atoms with Gasteiger partial charge >= 0.3 is 0 Å². The van der Waals surface area contributed by atoms with Gasteiger partial charge in [0.1, 0.15) is 0 Å². The maximum absolute atomic E-state index is 5.04. The van der Waals surface area contributed by atoms with Crippen molar-refractivity contribution in [2.45, 2.75) is 52.2 Å². The zero-order valence-corrected chi connectivity index (χ0v) is 22.3. The molecule has 33 heavy (non-hydrogen) atoms. The fourth-order valence-corrected chi connectivity index (χ4v) is 4.64. The molecule has 0 spiro atoms. The van der Waals surface area contributed by atoms with Gasteiger partial charge in [-0.05, 0) is 50.4 Å². The second kappa shape index (κ2) is 13.1. The van der Waals surface area contributed by atoms with Crippen molar-refractivity contribution in [3.05, 3.63) is 53.9 Å². The van der Waals surface area contributed by atoms with Crippen LogP contribution in [-0.4, -0.2) is 71.0 Å². The molecule has 0 radical (unpaired) electrons. The average Bonchev–Trinajstić information content (AvgIpc) is 2.85.